The molecular weight excluding hydrogens is 180 g/mol. The Hall–Kier alpha value is -0.410. The molecule has 3 fully saturated rings. The van der Waals surface area contributed by atoms with Crippen LogP contribution in [0.1, 0.15) is 32.1 Å². The van der Waals surface area contributed by atoms with E-state index in [-0.39, 0.29) is 5.79 Å². The van der Waals surface area contributed by atoms with Gasteiger partial charge in [-0.1, -0.05) is 0 Å². The molecule has 2 aliphatic carbocycles. The smallest absolute Gasteiger partial charge is 0.169 e. The Bertz CT molecular complexity index is 255. The summed E-state index contributed by atoms with van der Waals surface area (Å²) in [6.45, 7) is 1.46. The Morgan fingerprint density at radius 3 is 2.64 bits per heavy atom. The van der Waals surface area contributed by atoms with E-state index in [1.165, 1.54) is 0 Å². The van der Waals surface area contributed by atoms with Gasteiger partial charge >= 0.3 is 0 Å². The molecule has 0 amide bonds. The zero-order valence-electron chi connectivity index (χ0n) is 8.33. The SMILES string of the molecule is O=C1CC[C@H]2CC3(C[C@@H]2C1)OCCO3. The van der Waals surface area contributed by atoms with Gasteiger partial charge in [-0.25, -0.2) is 0 Å². The molecule has 3 rings (SSSR count). The number of fused-ring (bicyclic) bond motifs is 1. The van der Waals surface area contributed by atoms with Crippen molar-refractivity contribution in [3.05, 3.63) is 0 Å². The van der Waals surface area contributed by atoms with Crippen LogP contribution in [0.2, 0.25) is 0 Å². The molecule has 1 spiro atoms. The first kappa shape index (κ1) is 8.86. The number of ketones is 1. The van der Waals surface area contributed by atoms with Gasteiger partial charge in [0.1, 0.15) is 5.78 Å². The molecule has 3 heteroatoms. The van der Waals surface area contributed by atoms with Crippen molar-refractivity contribution in [2.45, 2.75) is 37.9 Å². The highest BCUT2D eigenvalue weighted by molar-refractivity contribution is 5.79. The third-order valence-corrected chi connectivity index (χ3v) is 3.91. The number of rotatable bonds is 0. The van der Waals surface area contributed by atoms with E-state index >= 15 is 0 Å². The summed E-state index contributed by atoms with van der Waals surface area (Å²) in [4.78, 5) is 11.3. The molecule has 0 N–H and O–H groups in total. The zero-order valence-corrected chi connectivity index (χ0v) is 8.33. The van der Waals surface area contributed by atoms with E-state index in [0.29, 0.717) is 17.6 Å². The second kappa shape index (κ2) is 3.04. The molecule has 0 unspecified atom stereocenters. The maximum Gasteiger partial charge on any atom is 0.169 e. The predicted octanol–water partition coefficient (Wildman–Crippen LogP) is 1.51. The quantitative estimate of drug-likeness (QED) is 0.589. The Morgan fingerprint density at radius 1 is 1.14 bits per heavy atom. The van der Waals surface area contributed by atoms with Gasteiger partial charge in [-0.2, -0.15) is 0 Å². The standard InChI is InChI=1S/C11H16O3/c12-10-2-1-8-6-11(7-9(8)5-10)13-3-4-14-11/h8-9H,1-7H2/t8-,9-/m0/s1. The Kier molecular flexibility index (Phi) is 1.92. The molecule has 78 valence electrons. The summed E-state index contributed by atoms with van der Waals surface area (Å²) >= 11 is 0. The van der Waals surface area contributed by atoms with Crippen molar-refractivity contribution in [1.82, 2.24) is 0 Å². The normalized spacial score (nSPS) is 40.4. The van der Waals surface area contributed by atoms with E-state index in [2.05, 4.69) is 0 Å². The maximum absolute atomic E-state index is 11.3. The molecule has 0 aromatic carbocycles. The largest absolute Gasteiger partial charge is 0.348 e. The van der Waals surface area contributed by atoms with Crippen LogP contribution >= 0.6 is 0 Å². The zero-order chi connectivity index (χ0) is 9.60. The number of carbonyl (C=O) groups is 1. The monoisotopic (exact) mass is 196 g/mol. The summed E-state index contributed by atoms with van der Waals surface area (Å²) in [5.41, 5.74) is 0. The van der Waals surface area contributed by atoms with Gasteiger partial charge in [0.25, 0.3) is 0 Å². The fourth-order valence-corrected chi connectivity index (χ4v) is 3.27. The molecule has 0 bridgehead atoms. The van der Waals surface area contributed by atoms with Gasteiger partial charge in [0.05, 0.1) is 13.2 Å². The molecule has 2 atom stereocenters. The predicted molar refractivity (Wildman–Crippen MR) is 49.7 cm³/mol. The molecule has 1 saturated heterocycles. The number of ether oxygens (including phenoxy) is 2. The topological polar surface area (TPSA) is 35.5 Å². The summed E-state index contributed by atoms with van der Waals surface area (Å²) in [7, 11) is 0. The van der Waals surface area contributed by atoms with Crippen molar-refractivity contribution in [2.24, 2.45) is 11.8 Å². The van der Waals surface area contributed by atoms with Gasteiger partial charge in [-0.15, -0.1) is 0 Å². The van der Waals surface area contributed by atoms with E-state index in [9.17, 15) is 4.79 Å². The molecular formula is C11H16O3. The fraction of sp³-hybridized carbons (Fsp3) is 0.909. The highest BCUT2D eigenvalue weighted by Crippen LogP contribution is 2.49. The van der Waals surface area contributed by atoms with E-state index in [1.807, 2.05) is 0 Å². The lowest BCUT2D eigenvalue weighted by Gasteiger charge is -2.22. The summed E-state index contributed by atoms with van der Waals surface area (Å²) < 4.78 is 11.4. The van der Waals surface area contributed by atoms with Crippen LogP contribution in [0.5, 0.6) is 0 Å². The van der Waals surface area contributed by atoms with Crippen LogP contribution in [0.3, 0.4) is 0 Å². The van der Waals surface area contributed by atoms with Crippen molar-refractivity contribution in [3.63, 3.8) is 0 Å². The summed E-state index contributed by atoms with van der Waals surface area (Å²) in [6.07, 6.45) is 4.56. The van der Waals surface area contributed by atoms with Crippen LogP contribution < -0.4 is 0 Å². The number of carbonyl (C=O) groups excluding carboxylic acids is 1. The minimum absolute atomic E-state index is 0.292. The van der Waals surface area contributed by atoms with Crippen LogP contribution in [0.25, 0.3) is 0 Å². The lowest BCUT2D eigenvalue weighted by atomic mass is 9.81. The van der Waals surface area contributed by atoms with Crippen molar-refractivity contribution < 1.29 is 14.3 Å². The molecule has 1 aliphatic heterocycles. The summed E-state index contributed by atoms with van der Waals surface area (Å²) in [5.74, 6) is 1.35. The Morgan fingerprint density at radius 2 is 1.86 bits per heavy atom. The molecule has 14 heavy (non-hydrogen) atoms. The van der Waals surface area contributed by atoms with Crippen LogP contribution in [0, 0.1) is 11.8 Å². The fourth-order valence-electron chi connectivity index (χ4n) is 3.27. The third-order valence-electron chi connectivity index (χ3n) is 3.91. The average molecular weight is 196 g/mol. The Balaban J connectivity index is 1.75. The van der Waals surface area contributed by atoms with Gasteiger partial charge in [-0.3, -0.25) is 4.79 Å². The molecule has 0 radical (unpaired) electrons. The van der Waals surface area contributed by atoms with Crippen LogP contribution in [-0.2, 0) is 14.3 Å². The summed E-state index contributed by atoms with van der Waals surface area (Å²) in [6, 6.07) is 0. The van der Waals surface area contributed by atoms with Gasteiger partial charge < -0.3 is 9.47 Å². The lowest BCUT2D eigenvalue weighted by Crippen LogP contribution is -2.26. The van der Waals surface area contributed by atoms with E-state index < -0.39 is 0 Å². The second-order valence-corrected chi connectivity index (χ2v) is 4.82. The van der Waals surface area contributed by atoms with E-state index in [0.717, 1.165) is 45.3 Å². The summed E-state index contributed by atoms with van der Waals surface area (Å²) in [5, 5.41) is 0. The van der Waals surface area contributed by atoms with Gasteiger partial charge in [-0.05, 0) is 18.3 Å². The second-order valence-electron chi connectivity index (χ2n) is 4.82. The van der Waals surface area contributed by atoms with Crippen LogP contribution in [0.15, 0.2) is 0 Å². The number of hydrogen-bond acceptors (Lipinski definition) is 3. The van der Waals surface area contributed by atoms with Crippen molar-refractivity contribution >= 4 is 5.78 Å². The maximum atomic E-state index is 11.3. The molecule has 3 nitrogen and oxygen atoms in total. The number of Topliss-reactive ketones (excluding diaryl/α,β-unsaturated/α-hetero) is 1. The minimum Gasteiger partial charge on any atom is -0.348 e. The van der Waals surface area contributed by atoms with Crippen molar-refractivity contribution in [3.8, 4) is 0 Å². The molecule has 0 aromatic heterocycles. The first-order chi connectivity index (χ1) is 6.77. The molecule has 0 aromatic rings. The molecule has 2 saturated carbocycles. The minimum atomic E-state index is -0.292. The molecule has 1 heterocycles. The van der Waals surface area contributed by atoms with Gasteiger partial charge in [0.2, 0.25) is 0 Å². The average Bonchev–Trinajstić information content (AvgIpc) is 2.72. The van der Waals surface area contributed by atoms with Gasteiger partial charge in [0, 0.05) is 25.7 Å². The highest BCUT2D eigenvalue weighted by atomic mass is 16.7. The van der Waals surface area contributed by atoms with E-state index in [4.69, 9.17) is 9.47 Å². The molecule has 3 aliphatic rings. The van der Waals surface area contributed by atoms with Crippen molar-refractivity contribution in [1.29, 1.82) is 0 Å². The Labute approximate surface area is 83.8 Å². The first-order valence-corrected chi connectivity index (χ1v) is 5.57. The van der Waals surface area contributed by atoms with Crippen LogP contribution in [-0.4, -0.2) is 24.8 Å². The van der Waals surface area contributed by atoms with Gasteiger partial charge in [0.15, 0.2) is 5.79 Å². The van der Waals surface area contributed by atoms with E-state index in [1.54, 1.807) is 0 Å². The third kappa shape index (κ3) is 1.30. The van der Waals surface area contributed by atoms with Crippen LogP contribution in [0.4, 0.5) is 0 Å². The lowest BCUT2D eigenvalue weighted by molar-refractivity contribution is -0.154. The first-order valence-electron chi connectivity index (χ1n) is 5.57. The highest BCUT2D eigenvalue weighted by Gasteiger charge is 2.50. The number of hydrogen-bond donors (Lipinski definition) is 0. The van der Waals surface area contributed by atoms with Crippen molar-refractivity contribution in [2.75, 3.05) is 13.2 Å².